The fraction of sp³-hybridized carbons (Fsp3) is 0.500. The lowest BCUT2D eigenvalue weighted by Crippen LogP contribution is -2.34. The van der Waals surface area contributed by atoms with Crippen LogP contribution in [-0.2, 0) is 11.2 Å². The standard InChI is InChI=1S/C14H18ClN3O/c15-11-7-12-8(5-14(19)18-12)4-13(11)17-10-3-1-2-9(16)6-10/h4,7,9-10,17H,1-3,5-6,16H2,(H,18,19). The number of halogens is 1. The third-order valence-corrected chi connectivity index (χ3v) is 4.21. The lowest BCUT2D eigenvalue weighted by atomic mass is 9.91. The van der Waals surface area contributed by atoms with Crippen molar-refractivity contribution in [3.63, 3.8) is 0 Å². The molecule has 2 unspecified atom stereocenters. The van der Waals surface area contributed by atoms with Crippen LogP contribution in [0.4, 0.5) is 11.4 Å². The number of fused-ring (bicyclic) bond motifs is 1. The number of anilines is 2. The Morgan fingerprint density at radius 3 is 3.00 bits per heavy atom. The van der Waals surface area contributed by atoms with Gasteiger partial charge in [0.1, 0.15) is 0 Å². The minimum Gasteiger partial charge on any atom is -0.381 e. The molecule has 3 rings (SSSR count). The van der Waals surface area contributed by atoms with Crippen molar-refractivity contribution in [2.45, 2.75) is 44.2 Å². The molecule has 1 aromatic carbocycles. The molecule has 5 heteroatoms. The van der Waals surface area contributed by atoms with Crippen LogP contribution in [0, 0.1) is 0 Å². The summed E-state index contributed by atoms with van der Waals surface area (Å²) in [7, 11) is 0. The molecule has 0 spiro atoms. The minimum atomic E-state index is 0.0305. The van der Waals surface area contributed by atoms with E-state index in [1.165, 1.54) is 0 Å². The summed E-state index contributed by atoms with van der Waals surface area (Å²) >= 11 is 6.27. The van der Waals surface area contributed by atoms with Crippen LogP contribution in [0.2, 0.25) is 5.02 Å². The predicted molar refractivity (Wildman–Crippen MR) is 77.6 cm³/mol. The first-order valence-electron chi connectivity index (χ1n) is 6.76. The average Bonchev–Trinajstić information content (AvgIpc) is 2.69. The Morgan fingerprint density at radius 1 is 1.37 bits per heavy atom. The van der Waals surface area contributed by atoms with Crippen molar-refractivity contribution in [3.05, 3.63) is 22.7 Å². The lowest BCUT2D eigenvalue weighted by Gasteiger charge is -2.28. The van der Waals surface area contributed by atoms with Gasteiger partial charge in [-0.25, -0.2) is 0 Å². The molecule has 2 aliphatic rings. The maximum Gasteiger partial charge on any atom is 0.228 e. The van der Waals surface area contributed by atoms with E-state index in [0.717, 1.165) is 42.6 Å². The Bertz CT molecular complexity index is 518. The maximum absolute atomic E-state index is 11.4. The fourth-order valence-electron chi connectivity index (χ4n) is 2.94. The van der Waals surface area contributed by atoms with Crippen molar-refractivity contribution in [2.75, 3.05) is 10.6 Å². The van der Waals surface area contributed by atoms with E-state index in [1.807, 2.05) is 12.1 Å². The Kier molecular flexibility index (Phi) is 3.37. The number of carbonyl (C=O) groups is 1. The van der Waals surface area contributed by atoms with Gasteiger partial charge >= 0.3 is 0 Å². The van der Waals surface area contributed by atoms with Crippen molar-refractivity contribution in [3.8, 4) is 0 Å². The van der Waals surface area contributed by atoms with Gasteiger partial charge in [0.05, 0.1) is 17.1 Å². The van der Waals surface area contributed by atoms with Gasteiger partial charge < -0.3 is 16.4 Å². The lowest BCUT2D eigenvalue weighted by molar-refractivity contribution is -0.115. The van der Waals surface area contributed by atoms with Gasteiger partial charge in [-0.3, -0.25) is 4.79 Å². The molecule has 1 saturated carbocycles. The fourth-order valence-corrected chi connectivity index (χ4v) is 3.16. The highest BCUT2D eigenvalue weighted by atomic mass is 35.5. The van der Waals surface area contributed by atoms with E-state index >= 15 is 0 Å². The molecule has 1 fully saturated rings. The van der Waals surface area contributed by atoms with Crippen LogP contribution < -0.4 is 16.4 Å². The van der Waals surface area contributed by atoms with Crippen molar-refractivity contribution in [1.82, 2.24) is 0 Å². The Hall–Kier alpha value is -1.26. The van der Waals surface area contributed by atoms with Crippen LogP contribution in [0.1, 0.15) is 31.2 Å². The largest absolute Gasteiger partial charge is 0.381 e. The van der Waals surface area contributed by atoms with Gasteiger partial charge in [-0.05, 0) is 43.4 Å². The molecule has 1 aliphatic heterocycles. The Labute approximate surface area is 117 Å². The molecule has 19 heavy (non-hydrogen) atoms. The minimum absolute atomic E-state index is 0.0305. The number of hydrogen-bond acceptors (Lipinski definition) is 3. The van der Waals surface area contributed by atoms with E-state index in [1.54, 1.807) is 0 Å². The highest BCUT2D eigenvalue weighted by molar-refractivity contribution is 6.33. The normalized spacial score (nSPS) is 25.9. The smallest absolute Gasteiger partial charge is 0.228 e. The first kappa shape index (κ1) is 12.8. The molecular formula is C14H18ClN3O. The summed E-state index contributed by atoms with van der Waals surface area (Å²) in [5, 5.41) is 6.93. The van der Waals surface area contributed by atoms with E-state index < -0.39 is 0 Å². The number of hydrogen-bond donors (Lipinski definition) is 3. The zero-order chi connectivity index (χ0) is 13.4. The van der Waals surface area contributed by atoms with Gasteiger partial charge in [0, 0.05) is 17.8 Å². The van der Waals surface area contributed by atoms with Gasteiger partial charge in [0.2, 0.25) is 5.91 Å². The molecule has 0 saturated heterocycles. The SMILES string of the molecule is NC1CCCC(Nc2cc3c(cc2Cl)NC(=O)C3)C1. The number of benzene rings is 1. The molecule has 102 valence electrons. The van der Waals surface area contributed by atoms with Crippen LogP contribution in [0.5, 0.6) is 0 Å². The summed E-state index contributed by atoms with van der Waals surface area (Å²) < 4.78 is 0. The van der Waals surface area contributed by atoms with Crippen molar-refractivity contribution < 1.29 is 4.79 Å². The molecule has 4 nitrogen and oxygen atoms in total. The summed E-state index contributed by atoms with van der Waals surface area (Å²) in [6.07, 6.45) is 4.80. The number of nitrogens with one attached hydrogen (secondary N) is 2. The quantitative estimate of drug-likeness (QED) is 0.779. The second kappa shape index (κ2) is 5.02. The zero-order valence-corrected chi connectivity index (χ0v) is 11.5. The third-order valence-electron chi connectivity index (χ3n) is 3.89. The van der Waals surface area contributed by atoms with Gasteiger partial charge in [-0.2, -0.15) is 0 Å². The van der Waals surface area contributed by atoms with Crippen molar-refractivity contribution >= 4 is 28.9 Å². The average molecular weight is 280 g/mol. The summed E-state index contributed by atoms with van der Waals surface area (Å²) in [5.74, 6) is 0.0305. The molecule has 0 aromatic heterocycles. The molecular weight excluding hydrogens is 262 g/mol. The second-order valence-electron chi connectivity index (χ2n) is 5.48. The number of nitrogens with two attached hydrogens (primary N) is 1. The summed E-state index contributed by atoms with van der Waals surface area (Å²) in [6.45, 7) is 0. The molecule has 1 amide bonds. The first-order chi connectivity index (χ1) is 9.11. The van der Waals surface area contributed by atoms with E-state index in [9.17, 15) is 4.79 Å². The molecule has 1 aliphatic carbocycles. The van der Waals surface area contributed by atoms with E-state index in [-0.39, 0.29) is 11.9 Å². The highest BCUT2D eigenvalue weighted by Gasteiger charge is 2.22. The summed E-state index contributed by atoms with van der Waals surface area (Å²) in [5.41, 5.74) is 8.76. The Morgan fingerprint density at radius 2 is 2.21 bits per heavy atom. The van der Waals surface area contributed by atoms with E-state index in [0.29, 0.717) is 17.5 Å². The van der Waals surface area contributed by atoms with Gasteiger partial charge in [0.25, 0.3) is 0 Å². The third kappa shape index (κ3) is 2.69. The van der Waals surface area contributed by atoms with Crippen molar-refractivity contribution in [2.24, 2.45) is 5.73 Å². The van der Waals surface area contributed by atoms with Crippen LogP contribution in [0.3, 0.4) is 0 Å². The Balaban J connectivity index is 1.78. The second-order valence-corrected chi connectivity index (χ2v) is 5.89. The van der Waals surface area contributed by atoms with Gasteiger partial charge in [-0.1, -0.05) is 11.6 Å². The molecule has 1 aromatic rings. The zero-order valence-electron chi connectivity index (χ0n) is 10.7. The van der Waals surface area contributed by atoms with Crippen LogP contribution in [-0.4, -0.2) is 18.0 Å². The molecule has 0 radical (unpaired) electrons. The number of carbonyl (C=O) groups excluding carboxylic acids is 1. The van der Waals surface area contributed by atoms with Gasteiger partial charge in [0.15, 0.2) is 0 Å². The van der Waals surface area contributed by atoms with Crippen LogP contribution in [0.25, 0.3) is 0 Å². The summed E-state index contributed by atoms with van der Waals surface area (Å²) in [4.78, 5) is 11.4. The number of amides is 1. The van der Waals surface area contributed by atoms with E-state index in [4.69, 9.17) is 17.3 Å². The first-order valence-corrected chi connectivity index (χ1v) is 7.14. The highest BCUT2D eigenvalue weighted by Crippen LogP contribution is 2.34. The number of rotatable bonds is 2. The molecule has 4 N–H and O–H groups in total. The molecule has 2 atom stereocenters. The monoisotopic (exact) mass is 279 g/mol. The molecule has 0 bridgehead atoms. The van der Waals surface area contributed by atoms with Crippen LogP contribution >= 0.6 is 11.6 Å². The van der Waals surface area contributed by atoms with Crippen molar-refractivity contribution in [1.29, 1.82) is 0 Å². The van der Waals surface area contributed by atoms with Gasteiger partial charge in [-0.15, -0.1) is 0 Å². The topological polar surface area (TPSA) is 67.2 Å². The molecule has 1 heterocycles. The predicted octanol–water partition coefficient (Wildman–Crippen LogP) is 2.52. The maximum atomic E-state index is 11.4. The summed E-state index contributed by atoms with van der Waals surface area (Å²) in [6, 6.07) is 4.47. The van der Waals surface area contributed by atoms with E-state index in [2.05, 4.69) is 10.6 Å². The van der Waals surface area contributed by atoms with Crippen LogP contribution in [0.15, 0.2) is 12.1 Å².